The largest absolute Gasteiger partial charge is 0.370 e. The zero-order chi connectivity index (χ0) is 14.1. The van der Waals surface area contributed by atoms with Crippen LogP contribution < -0.4 is 5.32 Å². The molecule has 0 spiro atoms. The van der Waals surface area contributed by atoms with Crippen LogP contribution in [0.2, 0.25) is 0 Å². The standard InChI is InChI=1S/C16H18N4/c1-11(2)12-5-4-6-13(9-12)14-10-19-16-15(17-3)18-7-8-20(14)16/h4-11H,1-3H3,(H,17,18). The molecular weight excluding hydrogens is 248 g/mol. The van der Waals surface area contributed by atoms with Gasteiger partial charge in [0.25, 0.3) is 0 Å². The molecule has 4 heteroatoms. The Labute approximate surface area is 118 Å². The van der Waals surface area contributed by atoms with E-state index in [0.29, 0.717) is 5.92 Å². The summed E-state index contributed by atoms with van der Waals surface area (Å²) in [6.07, 6.45) is 5.63. The highest BCUT2D eigenvalue weighted by molar-refractivity contribution is 5.70. The van der Waals surface area contributed by atoms with Crippen LogP contribution in [0.5, 0.6) is 0 Å². The summed E-state index contributed by atoms with van der Waals surface area (Å²) in [5.41, 5.74) is 4.44. The van der Waals surface area contributed by atoms with Crippen molar-refractivity contribution in [1.29, 1.82) is 0 Å². The van der Waals surface area contributed by atoms with E-state index in [9.17, 15) is 0 Å². The Morgan fingerprint density at radius 1 is 1.20 bits per heavy atom. The summed E-state index contributed by atoms with van der Waals surface area (Å²) in [6, 6.07) is 8.62. The third-order valence-electron chi connectivity index (χ3n) is 3.51. The molecule has 1 aromatic carbocycles. The van der Waals surface area contributed by atoms with Crippen molar-refractivity contribution in [2.24, 2.45) is 0 Å². The van der Waals surface area contributed by atoms with Gasteiger partial charge in [0.15, 0.2) is 11.5 Å². The van der Waals surface area contributed by atoms with Gasteiger partial charge in [-0.15, -0.1) is 0 Å². The minimum absolute atomic E-state index is 0.517. The summed E-state index contributed by atoms with van der Waals surface area (Å²) in [5, 5.41) is 3.07. The number of imidazole rings is 1. The molecule has 3 aromatic rings. The molecule has 0 atom stereocenters. The van der Waals surface area contributed by atoms with E-state index in [2.05, 4.69) is 57.8 Å². The Morgan fingerprint density at radius 3 is 2.80 bits per heavy atom. The number of hydrogen-bond donors (Lipinski definition) is 1. The van der Waals surface area contributed by atoms with Crippen LogP contribution >= 0.6 is 0 Å². The minimum atomic E-state index is 0.517. The Hall–Kier alpha value is -2.36. The Kier molecular flexibility index (Phi) is 3.14. The summed E-state index contributed by atoms with van der Waals surface area (Å²) >= 11 is 0. The maximum Gasteiger partial charge on any atom is 0.180 e. The summed E-state index contributed by atoms with van der Waals surface area (Å²) in [5.74, 6) is 1.31. The van der Waals surface area contributed by atoms with Crippen molar-refractivity contribution in [1.82, 2.24) is 14.4 Å². The van der Waals surface area contributed by atoms with Gasteiger partial charge in [0.2, 0.25) is 0 Å². The quantitative estimate of drug-likeness (QED) is 0.788. The first-order chi connectivity index (χ1) is 9.70. The summed E-state index contributed by atoms with van der Waals surface area (Å²) in [6.45, 7) is 4.41. The van der Waals surface area contributed by atoms with Gasteiger partial charge in [-0.2, -0.15) is 0 Å². The van der Waals surface area contributed by atoms with Gasteiger partial charge in [0.1, 0.15) is 0 Å². The molecule has 0 saturated carbocycles. The number of fused-ring (bicyclic) bond motifs is 1. The molecule has 1 N–H and O–H groups in total. The van der Waals surface area contributed by atoms with E-state index in [0.717, 1.165) is 17.2 Å². The van der Waals surface area contributed by atoms with Crippen LogP contribution in [0.3, 0.4) is 0 Å². The first kappa shape index (κ1) is 12.7. The molecule has 0 saturated heterocycles. The average Bonchev–Trinajstić information content (AvgIpc) is 2.91. The third-order valence-corrected chi connectivity index (χ3v) is 3.51. The molecule has 3 rings (SSSR count). The minimum Gasteiger partial charge on any atom is -0.370 e. The molecule has 0 radical (unpaired) electrons. The number of nitrogens with one attached hydrogen (secondary N) is 1. The van der Waals surface area contributed by atoms with Gasteiger partial charge in [-0.3, -0.25) is 4.40 Å². The lowest BCUT2D eigenvalue weighted by atomic mass is 10.00. The normalized spacial score (nSPS) is 11.2. The summed E-state index contributed by atoms with van der Waals surface area (Å²) < 4.78 is 2.07. The van der Waals surface area contributed by atoms with Crippen LogP contribution in [0.1, 0.15) is 25.3 Å². The van der Waals surface area contributed by atoms with Crippen molar-refractivity contribution in [2.75, 3.05) is 12.4 Å². The highest BCUT2D eigenvalue weighted by Crippen LogP contribution is 2.26. The van der Waals surface area contributed by atoms with Gasteiger partial charge in [-0.1, -0.05) is 32.0 Å². The second-order valence-corrected chi connectivity index (χ2v) is 5.14. The highest BCUT2D eigenvalue weighted by Gasteiger charge is 2.10. The van der Waals surface area contributed by atoms with Gasteiger partial charge in [-0.05, 0) is 17.5 Å². The van der Waals surface area contributed by atoms with Gasteiger partial charge in [-0.25, -0.2) is 9.97 Å². The van der Waals surface area contributed by atoms with Crippen LogP contribution in [0.25, 0.3) is 16.9 Å². The lowest BCUT2D eigenvalue weighted by Gasteiger charge is -2.08. The third kappa shape index (κ3) is 2.03. The summed E-state index contributed by atoms with van der Waals surface area (Å²) in [4.78, 5) is 8.76. The molecule has 2 heterocycles. The van der Waals surface area contributed by atoms with E-state index in [-0.39, 0.29) is 0 Å². The van der Waals surface area contributed by atoms with Gasteiger partial charge < -0.3 is 5.32 Å². The Morgan fingerprint density at radius 2 is 2.05 bits per heavy atom. The van der Waals surface area contributed by atoms with Crippen molar-refractivity contribution >= 4 is 11.5 Å². The van der Waals surface area contributed by atoms with E-state index in [1.54, 1.807) is 6.20 Å². The molecule has 2 aromatic heterocycles. The van der Waals surface area contributed by atoms with E-state index in [1.165, 1.54) is 11.1 Å². The Bertz CT molecular complexity index is 743. The van der Waals surface area contributed by atoms with Crippen LogP contribution in [0, 0.1) is 0 Å². The number of hydrogen-bond acceptors (Lipinski definition) is 3. The fourth-order valence-corrected chi connectivity index (χ4v) is 2.37. The first-order valence-corrected chi connectivity index (χ1v) is 6.81. The average molecular weight is 266 g/mol. The monoisotopic (exact) mass is 266 g/mol. The number of nitrogens with zero attached hydrogens (tertiary/aromatic N) is 3. The molecule has 0 aliphatic rings. The maximum absolute atomic E-state index is 4.48. The zero-order valence-electron chi connectivity index (χ0n) is 12.0. The number of rotatable bonds is 3. The number of benzene rings is 1. The smallest absolute Gasteiger partial charge is 0.180 e. The second kappa shape index (κ2) is 4.96. The summed E-state index contributed by atoms with van der Waals surface area (Å²) in [7, 11) is 1.86. The zero-order valence-corrected chi connectivity index (χ0v) is 12.0. The molecule has 0 bridgehead atoms. The first-order valence-electron chi connectivity index (χ1n) is 6.81. The fraction of sp³-hybridized carbons (Fsp3) is 0.250. The lowest BCUT2D eigenvalue weighted by molar-refractivity contribution is 0.867. The van der Waals surface area contributed by atoms with E-state index >= 15 is 0 Å². The molecule has 20 heavy (non-hydrogen) atoms. The van der Waals surface area contributed by atoms with Crippen LogP contribution in [-0.4, -0.2) is 21.4 Å². The molecule has 4 nitrogen and oxygen atoms in total. The fourth-order valence-electron chi connectivity index (χ4n) is 2.37. The number of anilines is 1. The van der Waals surface area contributed by atoms with Crippen molar-refractivity contribution in [3.05, 3.63) is 48.4 Å². The maximum atomic E-state index is 4.48. The topological polar surface area (TPSA) is 42.2 Å². The predicted octanol–water partition coefficient (Wildman–Crippen LogP) is 3.56. The van der Waals surface area contributed by atoms with Crippen molar-refractivity contribution < 1.29 is 0 Å². The van der Waals surface area contributed by atoms with Crippen molar-refractivity contribution in [3.63, 3.8) is 0 Å². The molecule has 102 valence electrons. The van der Waals surface area contributed by atoms with Gasteiger partial charge in [0.05, 0.1) is 11.9 Å². The van der Waals surface area contributed by atoms with Crippen LogP contribution in [-0.2, 0) is 0 Å². The molecule has 0 unspecified atom stereocenters. The SMILES string of the molecule is CNc1nccn2c(-c3cccc(C(C)C)c3)cnc12. The van der Waals surface area contributed by atoms with Gasteiger partial charge in [0, 0.05) is 25.0 Å². The van der Waals surface area contributed by atoms with E-state index in [1.807, 2.05) is 19.4 Å². The lowest BCUT2D eigenvalue weighted by Crippen LogP contribution is -1.97. The molecule has 0 aliphatic heterocycles. The second-order valence-electron chi connectivity index (χ2n) is 5.14. The Balaban J connectivity index is 2.18. The van der Waals surface area contributed by atoms with Crippen LogP contribution in [0.4, 0.5) is 5.82 Å². The number of aromatic nitrogens is 3. The van der Waals surface area contributed by atoms with Crippen LogP contribution in [0.15, 0.2) is 42.9 Å². The van der Waals surface area contributed by atoms with Gasteiger partial charge >= 0.3 is 0 Å². The van der Waals surface area contributed by atoms with E-state index in [4.69, 9.17) is 0 Å². The van der Waals surface area contributed by atoms with Crippen molar-refractivity contribution in [2.45, 2.75) is 19.8 Å². The highest BCUT2D eigenvalue weighted by atomic mass is 15.1. The molecule has 0 amide bonds. The van der Waals surface area contributed by atoms with Crippen molar-refractivity contribution in [3.8, 4) is 11.3 Å². The molecular formula is C16H18N4. The molecule has 0 aliphatic carbocycles. The van der Waals surface area contributed by atoms with E-state index < -0.39 is 0 Å². The molecule has 0 fully saturated rings. The predicted molar refractivity (Wildman–Crippen MR) is 82.1 cm³/mol.